The number of rotatable bonds is 8. The maximum Gasteiger partial charge on any atom is 0.407 e. The number of hydrogen-bond donors (Lipinski definition) is 3. The van der Waals surface area contributed by atoms with Crippen LogP contribution in [0.4, 0.5) is 4.79 Å². The predicted molar refractivity (Wildman–Crippen MR) is 133 cm³/mol. The molecule has 1 atom stereocenters. The van der Waals surface area contributed by atoms with E-state index in [2.05, 4.69) is 41.8 Å². The first-order valence-corrected chi connectivity index (χ1v) is 12.4. The maximum atomic E-state index is 12.5. The summed E-state index contributed by atoms with van der Waals surface area (Å²) in [6.45, 7) is 4.18. The fourth-order valence-electron chi connectivity index (χ4n) is 5.29. The highest BCUT2D eigenvalue weighted by Crippen LogP contribution is 2.44. The highest BCUT2D eigenvalue weighted by atomic mass is 16.5. The van der Waals surface area contributed by atoms with Gasteiger partial charge in [-0.15, -0.1) is 0 Å². The Hall–Kier alpha value is -3.35. The van der Waals surface area contributed by atoms with Crippen molar-refractivity contribution >= 4 is 18.0 Å². The first-order chi connectivity index (χ1) is 16.8. The first kappa shape index (κ1) is 24.8. The smallest absolute Gasteiger partial charge is 0.407 e. The van der Waals surface area contributed by atoms with Gasteiger partial charge in [0.05, 0.1) is 5.41 Å². The molecule has 0 aromatic heterocycles. The summed E-state index contributed by atoms with van der Waals surface area (Å²) in [5.74, 6) is -0.651. The zero-order chi connectivity index (χ0) is 25.0. The molecule has 2 aromatic carbocycles. The standard InChI is InChI=1S/C28H34N2O5/c1-18-11-13-28(14-12-18,26(32)33)17-29-25(31)15-19(2)30-27(34)35-16-24-22-9-5-3-7-20(22)21-8-4-6-10-23(21)24/h3-10,18-19,24H,11-17H2,1-2H3,(H,29,31)(H,30,34)(H,32,33)/t18?,19-,28?/m1/s1. The SMILES string of the molecule is CC1CCC(CNC(=O)C[C@@H](C)NC(=O)OCC2c3ccccc3-c3ccccc32)(C(=O)O)CC1. The number of benzene rings is 2. The zero-order valence-electron chi connectivity index (χ0n) is 20.4. The van der Waals surface area contributed by atoms with Crippen molar-refractivity contribution in [2.24, 2.45) is 11.3 Å². The number of aliphatic carboxylic acids is 1. The fraction of sp³-hybridized carbons (Fsp3) is 0.464. The Morgan fingerprint density at radius 2 is 1.60 bits per heavy atom. The minimum Gasteiger partial charge on any atom is -0.481 e. The number of fused-ring (bicyclic) bond motifs is 3. The molecule has 2 aliphatic rings. The Kier molecular flexibility index (Phi) is 7.43. The van der Waals surface area contributed by atoms with Crippen LogP contribution in [-0.2, 0) is 14.3 Å². The van der Waals surface area contributed by atoms with E-state index in [1.807, 2.05) is 24.3 Å². The lowest BCUT2D eigenvalue weighted by molar-refractivity contribution is -0.151. The van der Waals surface area contributed by atoms with Crippen molar-refractivity contribution in [2.45, 2.75) is 57.9 Å². The van der Waals surface area contributed by atoms with Crippen LogP contribution in [0.3, 0.4) is 0 Å². The molecule has 0 heterocycles. The predicted octanol–water partition coefficient (Wildman–Crippen LogP) is 4.70. The van der Waals surface area contributed by atoms with Gasteiger partial charge in [0, 0.05) is 24.9 Å². The summed E-state index contributed by atoms with van der Waals surface area (Å²) in [6.07, 6.45) is 2.31. The molecule has 3 N–H and O–H groups in total. The third-order valence-corrected chi connectivity index (χ3v) is 7.51. The van der Waals surface area contributed by atoms with Gasteiger partial charge in [-0.3, -0.25) is 9.59 Å². The van der Waals surface area contributed by atoms with Crippen molar-refractivity contribution in [3.8, 4) is 11.1 Å². The molecule has 2 aliphatic carbocycles. The van der Waals surface area contributed by atoms with Gasteiger partial charge >= 0.3 is 12.1 Å². The summed E-state index contributed by atoms with van der Waals surface area (Å²) in [7, 11) is 0. The lowest BCUT2D eigenvalue weighted by Gasteiger charge is -2.35. The Balaban J connectivity index is 1.25. The van der Waals surface area contributed by atoms with Crippen molar-refractivity contribution in [2.75, 3.05) is 13.2 Å². The highest BCUT2D eigenvalue weighted by molar-refractivity contribution is 5.81. The molecule has 0 spiro atoms. The van der Waals surface area contributed by atoms with Gasteiger partial charge in [0.15, 0.2) is 0 Å². The molecule has 0 bridgehead atoms. The molecule has 35 heavy (non-hydrogen) atoms. The van der Waals surface area contributed by atoms with Gasteiger partial charge < -0.3 is 20.5 Å². The number of alkyl carbamates (subject to hydrolysis) is 1. The number of carbonyl (C=O) groups is 3. The Morgan fingerprint density at radius 1 is 1.03 bits per heavy atom. The van der Waals surface area contributed by atoms with E-state index in [4.69, 9.17) is 4.74 Å². The summed E-state index contributed by atoms with van der Waals surface area (Å²) in [5, 5.41) is 15.2. The number of amides is 2. The van der Waals surface area contributed by atoms with Crippen molar-refractivity contribution in [3.63, 3.8) is 0 Å². The summed E-state index contributed by atoms with van der Waals surface area (Å²) in [6, 6.07) is 15.8. The van der Waals surface area contributed by atoms with Crippen LogP contribution in [0.1, 0.15) is 63.0 Å². The van der Waals surface area contributed by atoms with Gasteiger partial charge in [-0.2, -0.15) is 0 Å². The van der Waals surface area contributed by atoms with Crippen LogP contribution in [0, 0.1) is 11.3 Å². The van der Waals surface area contributed by atoms with Crippen LogP contribution in [-0.4, -0.2) is 42.3 Å². The molecule has 2 amide bonds. The lowest BCUT2D eigenvalue weighted by atomic mass is 9.71. The minimum absolute atomic E-state index is 0.0304. The van der Waals surface area contributed by atoms with Crippen LogP contribution >= 0.6 is 0 Å². The van der Waals surface area contributed by atoms with Crippen molar-refractivity contribution in [3.05, 3.63) is 59.7 Å². The zero-order valence-corrected chi connectivity index (χ0v) is 20.4. The number of hydrogen-bond acceptors (Lipinski definition) is 4. The molecular weight excluding hydrogens is 444 g/mol. The van der Waals surface area contributed by atoms with Crippen LogP contribution in [0.5, 0.6) is 0 Å². The number of carbonyl (C=O) groups excluding carboxylic acids is 2. The third-order valence-electron chi connectivity index (χ3n) is 7.51. The van der Waals surface area contributed by atoms with E-state index >= 15 is 0 Å². The molecule has 1 saturated carbocycles. The molecular formula is C28H34N2O5. The maximum absolute atomic E-state index is 12.5. The van der Waals surface area contributed by atoms with Crippen molar-refractivity contribution in [1.82, 2.24) is 10.6 Å². The molecule has 0 saturated heterocycles. The van der Waals surface area contributed by atoms with E-state index in [9.17, 15) is 19.5 Å². The van der Waals surface area contributed by atoms with Crippen LogP contribution in [0.2, 0.25) is 0 Å². The summed E-state index contributed by atoms with van der Waals surface area (Å²) >= 11 is 0. The van der Waals surface area contributed by atoms with Gasteiger partial charge in [0.2, 0.25) is 5.91 Å². The largest absolute Gasteiger partial charge is 0.481 e. The molecule has 0 unspecified atom stereocenters. The van der Waals surface area contributed by atoms with Gasteiger partial charge in [-0.05, 0) is 60.8 Å². The van der Waals surface area contributed by atoms with E-state index in [0.29, 0.717) is 18.8 Å². The molecule has 186 valence electrons. The number of nitrogens with one attached hydrogen (secondary N) is 2. The average Bonchev–Trinajstić information content (AvgIpc) is 3.16. The van der Waals surface area contributed by atoms with Gasteiger partial charge in [-0.25, -0.2) is 4.79 Å². The first-order valence-electron chi connectivity index (χ1n) is 12.4. The summed E-state index contributed by atoms with van der Waals surface area (Å²) < 4.78 is 5.55. The van der Waals surface area contributed by atoms with Crippen molar-refractivity contribution < 1.29 is 24.2 Å². The van der Waals surface area contributed by atoms with Crippen molar-refractivity contribution in [1.29, 1.82) is 0 Å². The Bertz CT molecular complexity index is 1040. The molecule has 0 radical (unpaired) electrons. The topological polar surface area (TPSA) is 105 Å². The second-order valence-corrected chi connectivity index (χ2v) is 10.1. The molecule has 7 nitrogen and oxygen atoms in total. The lowest BCUT2D eigenvalue weighted by Crippen LogP contribution is -2.46. The van der Waals surface area contributed by atoms with E-state index in [1.165, 1.54) is 0 Å². The molecule has 2 aromatic rings. The molecule has 7 heteroatoms. The van der Waals surface area contributed by atoms with E-state index in [-0.39, 0.29) is 31.4 Å². The fourth-order valence-corrected chi connectivity index (χ4v) is 5.29. The van der Waals surface area contributed by atoms with Gasteiger partial charge in [0.1, 0.15) is 6.61 Å². The second-order valence-electron chi connectivity index (χ2n) is 10.1. The third kappa shape index (κ3) is 5.50. The van der Waals surface area contributed by atoms with E-state index in [0.717, 1.165) is 35.1 Å². The minimum atomic E-state index is -0.897. The number of ether oxygens (including phenoxy) is 1. The Labute approximate surface area is 206 Å². The quantitative estimate of drug-likeness (QED) is 0.510. The van der Waals surface area contributed by atoms with Crippen LogP contribution in [0.25, 0.3) is 11.1 Å². The van der Waals surface area contributed by atoms with E-state index < -0.39 is 23.5 Å². The number of carboxylic acid groups (broad SMARTS) is 1. The van der Waals surface area contributed by atoms with Crippen LogP contribution in [0.15, 0.2) is 48.5 Å². The molecule has 0 aliphatic heterocycles. The summed E-state index contributed by atoms with van der Waals surface area (Å²) in [5.41, 5.74) is 3.70. The van der Waals surface area contributed by atoms with Gasteiger partial charge in [-0.1, -0.05) is 55.5 Å². The van der Waals surface area contributed by atoms with Crippen LogP contribution < -0.4 is 10.6 Å². The Morgan fingerprint density at radius 3 is 2.17 bits per heavy atom. The van der Waals surface area contributed by atoms with E-state index in [1.54, 1.807) is 6.92 Å². The van der Waals surface area contributed by atoms with Gasteiger partial charge in [0.25, 0.3) is 0 Å². The normalized spacial score (nSPS) is 21.9. The highest BCUT2D eigenvalue weighted by Gasteiger charge is 2.41. The molecule has 1 fully saturated rings. The average molecular weight is 479 g/mol. The monoisotopic (exact) mass is 478 g/mol. The summed E-state index contributed by atoms with van der Waals surface area (Å²) in [4.78, 5) is 36.8. The molecule has 4 rings (SSSR count). The second kappa shape index (κ2) is 10.5. The number of carboxylic acids is 1.